The molecule has 0 radical (unpaired) electrons. The Balaban J connectivity index is 1.59. The molecule has 2 fully saturated rings. The van der Waals surface area contributed by atoms with Gasteiger partial charge in [-0.2, -0.15) is 0 Å². The molecular formula is C19H28FN3O. The summed E-state index contributed by atoms with van der Waals surface area (Å²) < 4.78 is 13.1. The molecule has 4 nitrogen and oxygen atoms in total. The zero-order valence-electron chi connectivity index (χ0n) is 14.7. The summed E-state index contributed by atoms with van der Waals surface area (Å²) in [6.07, 6.45) is 2.64. The van der Waals surface area contributed by atoms with E-state index in [1.165, 1.54) is 12.1 Å². The first-order chi connectivity index (χ1) is 11.5. The van der Waals surface area contributed by atoms with Gasteiger partial charge < -0.3 is 10.2 Å². The SMILES string of the molecule is CCC(CN1CCN(C)CC1)NC(=O)C1(c2ccc(F)cc2)CC1. The summed E-state index contributed by atoms with van der Waals surface area (Å²) in [7, 11) is 2.15. The van der Waals surface area contributed by atoms with Crippen LogP contribution in [0.5, 0.6) is 0 Å². The normalized spacial score (nSPS) is 22.1. The van der Waals surface area contributed by atoms with Crippen LogP contribution in [0.15, 0.2) is 24.3 Å². The van der Waals surface area contributed by atoms with Gasteiger partial charge in [-0.1, -0.05) is 19.1 Å². The summed E-state index contributed by atoms with van der Waals surface area (Å²) in [5.41, 5.74) is 0.513. The van der Waals surface area contributed by atoms with Gasteiger partial charge in [0.25, 0.3) is 0 Å². The summed E-state index contributed by atoms with van der Waals surface area (Å²) in [5, 5.41) is 3.25. The molecule has 0 aromatic heterocycles. The van der Waals surface area contributed by atoms with Crippen LogP contribution in [0.2, 0.25) is 0 Å². The van der Waals surface area contributed by atoms with Gasteiger partial charge in [0.15, 0.2) is 0 Å². The van der Waals surface area contributed by atoms with Crippen LogP contribution < -0.4 is 5.32 Å². The lowest BCUT2D eigenvalue weighted by molar-refractivity contribution is -0.124. The molecular weight excluding hydrogens is 305 g/mol. The summed E-state index contributed by atoms with van der Waals surface area (Å²) in [6.45, 7) is 7.33. The molecule has 1 aromatic rings. The molecule has 1 heterocycles. The Morgan fingerprint density at radius 3 is 2.38 bits per heavy atom. The van der Waals surface area contributed by atoms with E-state index in [0.717, 1.165) is 57.5 Å². The number of halogens is 1. The van der Waals surface area contributed by atoms with Crippen molar-refractivity contribution in [2.45, 2.75) is 37.6 Å². The average molecular weight is 333 g/mol. The van der Waals surface area contributed by atoms with E-state index >= 15 is 0 Å². The van der Waals surface area contributed by atoms with Crippen LogP contribution >= 0.6 is 0 Å². The number of nitrogens with one attached hydrogen (secondary N) is 1. The largest absolute Gasteiger partial charge is 0.351 e. The summed E-state index contributed by atoms with van der Waals surface area (Å²) in [6, 6.07) is 6.58. The van der Waals surface area contributed by atoms with Crippen molar-refractivity contribution in [3.05, 3.63) is 35.6 Å². The maximum absolute atomic E-state index is 13.1. The van der Waals surface area contributed by atoms with E-state index in [-0.39, 0.29) is 17.8 Å². The average Bonchev–Trinajstić information content (AvgIpc) is 3.38. The van der Waals surface area contributed by atoms with Crippen LogP contribution in [-0.4, -0.2) is 61.5 Å². The van der Waals surface area contributed by atoms with Crippen molar-refractivity contribution < 1.29 is 9.18 Å². The molecule has 1 aliphatic heterocycles. The second-order valence-electron chi connectivity index (χ2n) is 7.27. The quantitative estimate of drug-likeness (QED) is 0.865. The topological polar surface area (TPSA) is 35.6 Å². The smallest absolute Gasteiger partial charge is 0.230 e. The van der Waals surface area contributed by atoms with Crippen molar-refractivity contribution in [1.82, 2.24) is 15.1 Å². The van der Waals surface area contributed by atoms with Crippen LogP contribution in [0.4, 0.5) is 4.39 Å². The maximum atomic E-state index is 13.1. The maximum Gasteiger partial charge on any atom is 0.230 e. The van der Waals surface area contributed by atoms with E-state index in [9.17, 15) is 9.18 Å². The first-order valence-corrected chi connectivity index (χ1v) is 9.01. The predicted octanol–water partition coefficient (Wildman–Crippen LogP) is 2.00. The molecule has 1 saturated heterocycles. The van der Waals surface area contributed by atoms with Gasteiger partial charge in [0.1, 0.15) is 5.82 Å². The lowest BCUT2D eigenvalue weighted by atomic mass is 9.94. The lowest BCUT2D eigenvalue weighted by Crippen LogP contribution is -2.51. The van der Waals surface area contributed by atoms with Crippen molar-refractivity contribution in [2.24, 2.45) is 0 Å². The standard InChI is InChI=1S/C19H28FN3O/c1-3-17(14-23-12-10-22(2)11-13-23)21-18(24)19(8-9-19)15-4-6-16(20)7-5-15/h4-7,17H,3,8-14H2,1-2H3,(H,21,24). The Morgan fingerprint density at radius 2 is 1.83 bits per heavy atom. The van der Waals surface area contributed by atoms with Crippen molar-refractivity contribution in [2.75, 3.05) is 39.8 Å². The molecule has 2 aliphatic rings. The van der Waals surface area contributed by atoms with Crippen molar-refractivity contribution in [3.8, 4) is 0 Å². The van der Waals surface area contributed by atoms with Gasteiger partial charge in [0.2, 0.25) is 5.91 Å². The van der Waals surface area contributed by atoms with E-state index < -0.39 is 5.41 Å². The first-order valence-electron chi connectivity index (χ1n) is 9.01. The number of rotatable bonds is 6. The van der Waals surface area contributed by atoms with Crippen molar-refractivity contribution >= 4 is 5.91 Å². The fraction of sp³-hybridized carbons (Fsp3) is 0.632. The molecule has 1 aliphatic carbocycles. The second kappa shape index (κ2) is 7.19. The second-order valence-corrected chi connectivity index (χ2v) is 7.27. The van der Waals surface area contributed by atoms with Crippen LogP contribution in [0.25, 0.3) is 0 Å². The van der Waals surface area contributed by atoms with E-state index in [2.05, 4.69) is 29.1 Å². The third-order valence-corrected chi connectivity index (χ3v) is 5.48. The summed E-state index contributed by atoms with van der Waals surface area (Å²) >= 11 is 0. The van der Waals surface area contributed by atoms with Crippen LogP contribution in [-0.2, 0) is 10.2 Å². The van der Waals surface area contributed by atoms with E-state index in [4.69, 9.17) is 0 Å². The van der Waals surface area contributed by atoms with Gasteiger partial charge in [-0.05, 0) is 44.0 Å². The molecule has 0 bridgehead atoms. The zero-order chi connectivity index (χ0) is 17.2. The third kappa shape index (κ3) is 3.78. The molecule has 0 spiro atoms. The number of benzene rings is 1. The molecule has 1 aromatic carbocycles. The van der Waals surface area contributed by atoms with Crippen molar-refractivity contribution in [1.29, 1.82) is 0 Å². The van der Waals surface area contributed by atoms with E-state index in [0.29, 0.717) is 0 Å². The fourth-order valence-corrected chi connectivity index (χ4v) is 3.48. The number of piperazine rings is 1. The number of hydrogen-bond acceptors (Lipinski definition) is 3. The van der Waals surface area contributed by atoms with Gasteiger partial charge in [-0.15, -0.1) is 0 Å². The number of amides is 1. The zero-order valence-corrected chi connectivity index (χ0v) is 14.7. The molecule has 1 atom stereocenters. The minimum atomic E-state index is -0.427. The van der Waals surface area contributed by atoms with Gasteiger partial charge in [-0.25, -0.2) is 4.39 Å². The predicted molar refractivity (Wildman–Crippen MR) is 93.5 cm³/mol. The van der Waals surface area contributed by atoms with Gasteiger partial charge in [0, 0.05) is 38.8 Å². The Kier molecular flexibility index (Phi) is 5.21. The Hall–Kier alpha value is -1.46. The van der Waals surface area contributed by atoms with Gasteiger partial charge in [0.05, 0.1) is 5.41 Å². The molecule has 5 heteroatoms. The molecule has 1 amide bonds. The van der Waals surface area contributed by atoms with E-state index in [1.807, 2.05) is 0 Å². The summed E-state index contributed by atoms with van der Waals surface area (Å²) in [5.74, 6) is -0.147. The molecule has 1 unspecified atom stereocenters. The van der Waals surface area contributed by atoms with Gasteiger partial charge >= 0.3 is 0 Å². The molecule has 132 valence electrons. The number of likely N-dealkylation sites (N-methyl/N-ethyl adjacent to an activating group) is 1. The van der Waals surface area contributed by atoms with Gasteiger partial charge in [-0.3, -0.25) is 9.69 Å². The highest BCUT2D eigenvalue weighted by atomic mass is 19.1. The molecule has 3 rings (SSSR count). The Bertz CT molecular complexity index is 562. The Morgan fingerprint density at radius 1 is 1.21 bits per heavy atom. The molecule has 24 heavy (non-hydrogen) atoms. The van der Waals surface area contributed by atoms with Crippen LogP contribution in [0.3, 0.4) is 0 Å². The van der Waals surface area contributed by atoms with Crippen molar-refractivity contribution in [3.63, 3.8) is 0 Å². The molecule has 1 saturated carbocycles. The highest BCUT2D eigenvalue weighted by molar-refractivity contribution is 5.91. The minimum absolute atomic E-state index is 0.107. The highest BCUT2D eigenvalue weighted by Gasteiger charge is 2.51. The van der Waals surface area contributed by atoms with E-state index in [1.54, 1.807) is 12.1 Å². The third-order valence-electron chi connectivity index (χ3n) is 5.48. The Labute approximate surface area is 144 Å². The van der Waals surface area contributed by atoms with Crippen LogP contribution in [0, 0.1) is 5.82 Å². The lowest BCUT2D eigenvalue weighted by Gasteiger charge is -2.35. The number of nitrogens with zero attached hydrogens (tertiary/aromatic N) is 2. The first kappa shape index (κ1) is 17.4. The minimum Gasteiger partial charge on any atom is -0.351 e. The number of carbonyl (C=O) groups is 1. The summed E-state index contributed by atoms with van der Waals surface area (Å²) in [4.78, 5) is 17.6. The monoisotopic (exact) mass is 333 g/mol. The fourth-order valence-electron chi connectivity index (χ4n) is 3.48. The van der Waals surface area contributed by atoms with Crippen LogP contribution in [0.1, 0.15) is 31.7 Å². The number of hydrogen-bond donors (Lipinski definition) is 1. The molecule has 1 N–H and O–H groups in total. The highest BCUT2D eigenvalue weighted by Crippen LogP contribution is 2.48. The number of carbonyl (C=O) groups excluding carboxylic acids is 1.